The quantitative estimate of drug-likeness (QED) is 0.547. The zero-order chi connectivity index (χ0) is 21.8. The Morgan fingerprint density at radius 2 is 2.23 bits per heavy atom. The largest absolute Gasteiger partial charge is 0.457 e. The minimum absolute atomic E-state index is 0.0641. The molecule has 10 heteroatoms. The monoisotopic (exact) mass is 484 g/mol. The van der Waals surface area contributed by atoms with Gasteiger partial charge in [-0.25, -0.2) is 14.5 Å². The zero-order valence-electron chi connectivity index (χ0n) is 17.1. The Morgan fingerprint density at radius 1 is 1.39 bits per heavy atom. The third-order valence-electron chi connectivity index (χ3n) is 6.14. The van der Waals surface area contributed by atoms with Crippen LogP contribution in [0.2, 0.25) is 0 Å². The normalized spacial score (nSPS) is 22.4. The first kappa shape index (κ1) is 19.9. The SMILES string of the molecule is CNC(=O)[C@]1(C)CC[C@@H](Nc2ncc3c(Br)nn(-c4ccc5c(c4)COC5=O)c3n2)C1. The molecule has 2 atom stereocenters. The maximum absolute atomic E-state index is 12.2. The maximum Gasteiger partial charge on any atom is 0.338 e. The van der Waals surface area contributed by atoms with Crippen molar-refractivity contribution in [3.63, 3.8) is 0 Å². The number of anilines is 1. The van der Waals surface area contributed by atoms with Crippen LogP contribution in [0.3, 0.4) is 0 Å². The van der Waals surface area contributed by atoms with E-state index in [4.69, 9.17) is 9.72 Å². The van der Waals surface area contributed by atoms with E-state index in [1.165, 1.54) is 0 Å². The van der Waals surface area contributed by atoms with Crippen LogP contribution in [0.15, 0.2) is 29.0 Å². The van der Waals surface area contributed by atoms with Crippen LogP contribution in [-0.2, 0) is 16.1 Å². The molecule has 1 saturated carbocycles. The smallest absolute Gasteiger partial charge is 0.338 e. The van der Waals surface area contributed by atoms with E-state index in [-0.39, 0.29) is 29.9 Å². The Balaban J connectivity index is 1.45. The molecule has 2 aliphatic rings. The highest BCUT2D eigenvalue weighted by molar-refractivity contribution is 9.10. The molecule has 31 heavy (non-hydrogen) atoms. The summed E-state index contributed by atoms with van der Waals surface area (Å²) in [6, 6.07) is 5.58. The van der Waals surface area contributed by atoms with Crippen molar-refractivity contribution in [3.05, 3.63) is 40.1 Å². The Labute approximate surface area is 186 Å². The summed E-state index contributed by atoms with van der Waals surface area (Å²) >= 11 is 3.48. The fourth-order valence-electron chi connectivity index (χ4n) is 4.42. The van der Waals surface area contributed by atoms with E-state index in [1.807, 2.05) is 19.1 Å². The fourth-order valence-corrected chi connectivity index (χ4v) is 4.86. The van der Waals surface area contributed by atoms with Crippen molar-refractivity contribution < 1.29 is 14.3 Å². The summed E-state index contributed by atoms with van der Waals surface area (Å²) in [7, 11) is 1.67. The van der Waals surface area contributed by atoms with Crippen LogP contribution in [0.4, 0.5) is 5.95 Å². The van der Waals surface area contributed by atoms with E-state index in [0.717, 1.165) is 35.9 Å². The highest BCUT2D eigenvalue weighted by Crippen LogP contribution is 2.39. The number of halogens is 1. The average molecular weight is 485 g/mol. The van der Waals surface area contributed by atoms with Crippen molar-refractivity contribution in [2.24, 2.45) is 5.41 Å². The van der Waals surface area contributed by atoms with Gasteiger partial charge in [0.05, 0.1) is 16.6 Å². The third kappa shape index (κ3) is 3.34. The van der Waals surface area contributed by atoms with Crippen LogP contribution >= 0.6 is 15.9 Å². The van der Waals surface area contributed by atoms with Gasteiger partial charge in [0.1, 0.15) is 11.2 Å². The van der Waals surface area contributed by atoms with Gasteiger partial charge in [-0.3, -0.25) is 4.79 Å². The van der Waals surface area contributed by atoms with Gasteiger partial charge < -0.3 is 15.4 Å². The highest BCUT2D eigenvalue weighted by atomic mass is 79.9. The Bertz CT molecular complexity index is 1230. The van der Waals surface area contributed by atoms with Crippen molar-refractivity contribution in [2.75, 3.05) is 12.4 Å². The molecule has 2 N–H and O–H groups in total. The van der Waals surface area contributed by atoms with Crippen molar-refractivity contribution in [3.8, 4) is 5.69 Å². The molecule has 1 aliphatic heterocycles. The first-order chi connectivity index (χ1) is 14.9. The first-order valence-corrected chi connectivity index (χ1v) is 10.9. The summed E-state index contributed by atoms with van der Waals surface area (Å²) in [5.41, 5.74) is 2.45. The van der Waals surface area contributed by atoms with Gasteiger partial charge >= 0.3 is 5.97 Å². The number of benzene rings is 1. The molecule has 0 saturated heterocycles. The lowest BCUT2D eigenvalue weighted by molar-refractivity contribution is -0.129. The van der Waals surface area contributed by atoms with Crippen LogP contribution < -0.4 is 10.6 Å². The lowest BCUT2D eigenvalue weighted by atomic mass is 9.87. The summed E-state index contributed by atoms with van der Waals surface area (Å²) in [5.74, 6) is 0.253. The van der Waals surface area contributed by atoms with E-state index in [2.05, 4.69) is 36.6 Å². The summed E-state index contributed by atoms with van der Waals surface area (Å²) in [6.45, 7) is 2.25. The molecule has 160 valence electrons. The molecule has 1 aliphatic carbocycles. The van der Waals surface area contributed by atoms with E-state index in [1.54, 1.807) is 24.0 Å². The lowest BCUT2D eigenvalue weighted by Gasteiger charge is -2.22. The molecular formula is C21H21BrN6O3. The van der Waals surface area contributed by atoms with E-state index < -0.39 is 0 Å². The molecular weight excluding hydrogens is 464 g/mol. The molecule has 0 radical (unpaired) electrons. The predicted molar refractivity (Wildman–Crippen MR) is 117 cm³/mol. The Kier molecular flexibility index (Phi) is 4.69. The average Bonchev–Trinajstić information content (AvgIpc) is 3.43. The summed E-state index contributed by atoms with van der Waals surface area (Å²) in [5, 5.41) is 11.5. The minimum Gasteiger partial charge on any atom is -0.457 e. The predicted octanol–water partition coefficient (Wildman–Crippen LogP) is 2.97. The number of nitrogens with zero attached hydrogens (tertiary/aromatic N) is 4. The van der Waals surface area contributed by atoms with Gasteiger partial charge in [0, 0.05) is 30.3 Å². The number of rotatable bonds is 4. The van der Waals surface area contributed by atoms with Crippen LogP contribution in [0.1, 0.15) is 42.1 Å². The minimum atomic E-state index is -0.384. The van der Waals surface area contributed by atoms with Crippen LogP contribution in [-0.4, -0.2) is 44.7 Å². The number of aromatic nitrogens is 4. The Morgan fingerprint density at radius 3 is 3.03 bits per heavy atom. The number of ether oxygens (including phenoxy) is 1. The maximum atomic E-state index is 12.2. The fraction of sp³-hybridized carbons (Fsp3) is 0.381. The molecule has 3 aromatic rings. The van der Waals surface area contributed by atoms with Crippen molar-refractivity contribution in [2.45, 2.75) is 38.8 Å². The lowest BCUT2D eigenvalue weighted by Crippen LogP contribution is -2.35. The molecule has 0 bridgehead atoms. The number of carbonyl (C=O) groups is 2. The number of nitrogens with one attached hydrogen (secondary N) is 2. The molecule has 5 rings (SSSR count). The molecule has 0 unspecified atom stereocenters. The molecule has 1 amide bonds. The second kappa shape index (κ2) is 7.30. The molecule has 1 aromatic carbocycles. The van der Waals surface area contributed by atoms with Crippen molar-refractivity contribution in [1.82, 2.24) is 25.1 Å². The molecule has 2 aromatic heterocycles. The number of fused-ring (bicyclic) bond motifs is 2. The topological polar surface area (TPSA) is 111 Å². The van der Waals surface area contributed by atoms with E-state index >= 15 is 0 Å². The summed E-state index contributed by atoms with van der Waals surface area (Å²) in [4.78, 5) is 33.1. The van der Waals surface area contributed by atoms with Crippen molar-refractivity contribution >= 4 is 44.8 Å². The highest BCUT2D eigenvalue weighted by Gasteiger charge is 2.41. The van der Waals surface area contributed by atoms with Gasteiger partial charge in [-0.05, 0) is 53.4 Å². The third-order valence-corrected chi connectivity index (χ3v) is 6.73. The van der Waals surface area contributed by atoms with Gasteiger partial charge in [-0.2, -0.15) is 10.1 Å². The van der Waals surface area contributed by atoms with Gasteiger partial charge in [0.2, 0.25) is 11.9 Å². The molecule has 1 fully saturated rings. The number of amides is 1. The molecule has 3 heterocycles. The van der Waals surface area contributed by atoms with E-state index in [9.17, 15) is 9.59 Å². The van der Waals surface area contributed by atoms with Gasteiger partial charge in [0.15, 0.2) is 5.65 Å². The number of esters is 1. The zero-order valence-corrected chi connectivity index (χ0v) is 18.7. The summed E-state index contributed by atoms with van der Waals surface area (Å²) in [6.07, 6.45) is 4.13. The number of hydrogen-bond donors (Lipinski definition) is 2. The second-order valence-corrected chi connectivity index (χ2v) is 9.03. The number of cyclic esters (lactones) is 1. The standard InChI is InChI=1S/C21H21BrN6O3/c1-21(19(30)23-2)6-5-12(8-21)25-20-24-9-15-16(22)27-28(17(15)26-20)13-3-4-14-11(7-13)10-31-18(14)29/h3-4,7,9,12H,5-6,8,10H2,1-2H3,(H,23,30)(H,24,25,26)/t12-,21-/m1/s1. The van der Waals surface area contributed by atoms with Crippen molar-refractivity contribution in [1.29, 1.82) is 0 Å². The number of hydrogen-bond acceptors (Lipinski definition) is 7. The van der Waals surface area contributed by atoms with Gasteiger partial charge in [0.25, 0.3) is 0 Å². The molecule has 0 spiro atoms. The van der Waals surface area contributed by atoms with Gasteiger partial charge in [-0.1, -0.05) is 6.92 Å². The van der Waals surface area contributed by atoms with Crippen LogP contribution in [0, 0.1) is 5.41 Å². The van der Waals surface area contributed by atoms with Crippen LogP contribution in [0.5, 0.6) is 0 Å². The number of carbonyl (C=O) groups excluding carboxylic acids is 2. The molecule has 9 nitrogen and oxygen atoms in total. The van der Waals surface area contributed by atoms with E-state index in [0.29, 0.717) is 21.8 Å². The van der Waals surface area contributed by atoms with Crippen LogP contribution in [0.25, 0.3) is 16.7 Å². The first-order valence-electron chi connectivity index (χ1n) is 10.1. The second-order valence-electron chi connectivity index (χ2n) is 8.27. The summed E-state index contributed by atoms with van der Waals surface area (Å²) < 4.78 is 7.46. The van der Waals surface area contributed by atoms with Gasteiger partial charge in [-0.15, -0.1) is 0 Å². The Hall–Kier alpha value is -3.01.